The SMILES string of the molecule is COCCOc1ccc(-c2cc(C(N)=O)c3nc(C(C)(C)C)nc(N[C@@H]4CNCC[C@H]4F)c3n2)cc1. The first-order valence-corrected chi connectivity index (χ1v) is 12.0. The number of primary amides is 1. The lowest BCUT2D eigenvalue weighted by Crippen LogP contribution is -2.46. The smallest absolute Gasteiger partial charge is 0.251 e. The number of amides is 1. The second kappa shape index (κ2) is 10.7. The van der Waals surface area contributed by atoms with Crippen molar-refractivity contribution in [1.29, 1.82) is 0 Å². The molecule has 2 atom stereocenters. The Hall–Kier alpha value is -3.37. The number of nitrogens with one attached hydrogen (secondary N) is 2. The Kier molecular flexibility index (Phi) is 7.65. The molecule has 2 aromatic heterocycles. The van der Waals surface area contributed by atoms with E-state index in [2.05, 4.69) is 15.6 Å². The Labute approximate surface area is 210 Å². The van der Waals surface area contributed by atoms with E-state index in [1.807, 2.05) is 45.0 Å². The van der Waals surface area contributed by atoms with Gasteiger partial charge in [0, 0.05) is 24.6 Å². The van der Waals surface area contributed by atoms with Gasteiger partial charge in [-0.2, -0.15) is 0 Å². The summed E-state index contributed by atoms with van der Waals surface area (Å²) in [7, 11) is 1.62. The van der Waals surface area contributed by atoms with E-state index in [-0.39, 0.29) is 5.56 Å². The molecule has 0 bridgehead atoms. The molecular weight excluding hydrogens is 463 g/mol. The number of piperidine rings is 1. The first kappa shape index (κ1) is 25.7. The van der Waals surface area contributed by atoms with E-state index in [9.17, 15) is 9.18 Å². The number of rotatable bonds is 8. The van der Waals surface area contributed by atoms with Crippen LogP contribution in [0.15, 0.2) is 30.3 Å². The number of hydrogen-bond donors (Lipinski definition) is 3. The molecule has 36 heavy (non-hydrogen) atoms. The molecule has 1 saturated heterocycles. The molecule has 1 aromatic carbocycles. The fourth-order valence-corrected chi connectivity index (χ4v) is 3.99. The summed E-state index contributed by atoms with van der Waals surface area (Å²) in [5.74, 6) is 0.942. The highest BCUT2D eigenvalue weighted by molar-refractivity contribution is 6.07. The van der Waals surface area contributed by atoms with Gasteiger partial charge in [0.05, 0.1) is 23.9 Å². The maximum Gasteiger partial charge on any atom is 0.251 e. The van der Waals surface area contributed by atoms with Gasteiger partial charge >= 0.3 is 0 Å². The largest absolute Gasteiger partial charge is 0.491 e. The number of pyridine rings is 1. The molecule has 10 heteroatoms. The molecule has 0 aliphatic carbocycles. The fourth-order valence-electron chi connectivity index (χ4n) is 3.99. The average molecular weight is 497 g/mol. The van der Waals surface area contributed by atoms with E-state index in [4.69, 9.17) is 25.2 Å². The number of aromatic nitrogens is 3. The molecule has 1 aliphatic rings. The van der Waals surface area contributed by atoms with Gasteiger partial charge in [0.25, 0.3) is 5.91 Å². The first-order chi connectivity index (χ1) is 17.2. The van der Waals surface area contributed by atoms with Crippen LogP contribution in [-0.4, -0.2) is 66.5 Å². The molecule has 9 nitrogen and oxygen atoms in total. The van der Waals surface area contributed by atoms with Gasteiger partial charge in [-0.3, -0.25) is 4.79 Å². The predicted molar refractivity (Wildman–Crippen MR) is 137 cm³/mol. The molecule has 1 amide bonds. The highest BCUT2D eigenvalue weighted by Crippen LogP contribution is 2.31. The zero-order chi connectivity index (χ0) is 25.9. The molecule has 3 aromatic rings. The second-order valence-electron chi connectivity index (χ2n) is 9.89. The van der Waals surface area contributed by atoms with Crippen molar-refractivity contribution in [3.63, 3.8) is 0 Å². The third kappa shape index (κ3) is 5.71. The number of hydrogen-bond acceptors (Lipinski definition) is 8. The number of benzene rings is 1. The van der Waals surface area contributed by atoms with Crippen molar-refractivity contribution < 1.29 is 18.7 Å². The number of nitrogens with zero attached hydrogens (tertiary/aromatic N) is 3. The third-order valence-electron chi connectivity index (χ3n) is 6.01. The molecule has 4 N–H and O–H groups in total. The summed E-state index contributed by atoms with van der Waals surface area (Å²) in [6.07, 6.45) is -0.643. The monoisotopic (exact) mass is 496 g/mol. The van der Waals surface area contributed by atoms with Crippen molar-refractivity contribution in [2.45, 2.75) is 44.8 Å². The number of methoxy groups -OCH3 is 1. The van der Waals surface area contributed by atoms with Gasteiger partial charge in [0.2, 0.25) is 0 Å². The molecule has 0 radical (unpaired) electrons. The number of anilines is 1. The van der Waals surface area contributed by atoms with E-state index < -0.39 is 23.5 Å². The second-order valence-corrected chi connectivity index (χ2v) is 9.89. The minimum atomic E-state index is -1.04. The van der Waals surface area contributed by atoms with Crippen LogP contribution < -0.4 is 21.1 Å². The molecule has 1 fully saturated rings. The lowest BCUT2D eigenvalue weighted by Gasteiger charge is -2.29. The quantitative estimate of drug-likeness (QED) is 0.406. The molecular formula is C26H33FN6O3. The molecule has 0 saturated carbocycles. The lowest BCUT2D eigenvalue weighted by molar-refractivity contribution is 0.100. The number of nitrogens with two attached hydrogens (primary N) is 1. The van der Waals surface area contributed by atoms with Crippen molar-refractivity contribution in [3.8, 4) is 17.0 Å². The third-order valence-corrected chi connectivity index (χ3v) is 6.01. The van der Waals surface area contributed by atoms with Gasteiger partial charge < -0.3 is 25.8 Å². The summed E-state index contributed by atoms with van der Waals surface area (Å²) < 4.78 is 25.4. The van der Waals surface area contributed by atoms with Gasteiger partial charge in [-0.1, -0.05) is 20.8 Å². The zero-order valence-electron chi connectivity index (χ0n) is 21.1. The molecule has 1 aliphatic heterocycles. The Morgan fingerprint density at radius 3 is 2.56 bits per heavy atom. The van der Waals surface area contributed by atoms with E-state index in [0.29, 0.717) is 66.8 Å². The topological polar surface area (TPSA) is 124 Å². The minimum absolute atomic E-state index is 0.227. The van der Waals surface area contributed by atoms with E-state index in [1.165, 1.54) is 0 Å². The van der Waals surface area contributed by atoms with Crippen LogP contribution in [0.5, 0.6) is 5.75 Å². The van der Waals surface area contributed by atoms with Crippen LogP contribution in [0.3, 0.4) is 0 Å². The van der Waals surface area contributed by atoms with Crippen molar-refractivity contribution in [2.75, 3.05) is 38.7 Å². The van der Waals surface area contributed by atoms with Gasteiger partial charge in [-0.05, 0) is 43.3 Å². The Balaban J connectivity index is 1.82. The number of ether oxygens (including phenoxy) is 2. The minimum Gasteiger partial charge on any atom is -0.491 e. The lowest BCUT2D eigenvalue weighted by atomic mass is 9.95. The van der Waals surface area contributed by atoms with Gasteiger partial charge in [0.15, 0.2) is 5.82 Å². The number of carbonyl (C=O) groups excluding carboxylic acids is 1. The number of alkyl halides is 1. The zero-order valence-corrected chi connectivity index (χ0v) is 21.1. The maximum absolute atomic E-state index is 14.7. The normalized spacial score (nSPS) is 18.2. The molecule has 0 spiro atoms. The van der Waals surface area contributed by atoms with Crippen LogP contribution in [0.25, 0.3) is 22.3 Å². The van der Waals surface area contributed by atoms with Crippen molar-refractivity contribution >= 4 is 22.8 Å². The molecule has 4 rings (SSSR count). The highest BCUT2D eigenvalue weighted by Gasteiger charge is 2.28. The van der Waals surface area contributed by atoms with Gasteiger partial charge in [-0.15, -0.1) is 0 Å². The molecule has 3 heterocycles. The van der Waals surface area contributed by atoms with Crippen LogP contribution in [-0.2, 0) is 10.2 Å². The average Bonchev–Trinajstić information content (AvgIpc) is 2.84. The van der Waals surface area contributed by atoms with Gasteiger partial charge in [0.1, 0.15) is 35.4 Å². The Morgan fingerprint density at radius 1 is 1.17 bits per heavy atom. The van der Waals surface area contributed by atoms with Crippen LogP contribution in [0.4, 0.5) is 10.2 Å². The standard InChI is InChI=1S/C26H33FN6O3/c1-26(2,3)25-32-21-17(23(28)34)13-19(15-5-7-16(8-6-15)36-12-11-35-4)30-22(21)24(33-25)31-20-14-29-10-9-18(20)27/h5-8,13,18,20,29H,9-12,14H2,1-4H3,(H2,28,34)(H,31,32,33)/t18-,20-/m1/s1. The van der Waals surface area contributed by atoms with Crippen molar-refractivity contribution in [3.05, 3.63) is 41.7 Å². The van der Waals surface area contributed by atoms with Crippen LogP contribution in [0.2, 0.25) is 0 Å². The van der Waals surface area contributed by atoms with Crippen molar-refractivity contribution in [2.24, 2.45) is 5.73 Å². The van der Waals surface area contributed by atoms with E-state index >= 15 is 0 Å². The van der Waals surface area contributed by atoms with Crippen LogP contribution in [0.1, 0.15) is 43.4 Å². The number of carbonyl (C=O) groups is 1. The summed E-state index contributed by atoms with van der Waals surface area (Å²) in [5.41, 5.74) is 7.58. The van der Waals surface area contributed by atoms with E-state index in [1.54, 1.807) is 13.2 Å². The summed E-state index contributed by atoms with van der Waals surface area (Å²) in [6, 6.07) is 8.48. The summed E-state index contributed by atoms with van der Waals surface area (Å²) >= 11 is 0. The number of halogens is 1. The van der Waals surface area contributed by atoms with Crippen LogP contribution >= 0.6 is 0 Å². The molecule has 192 valence electrons. The predicted octanol–water partition coefficient (Wildman–Crippen LogP) is 3.23. The highest BCUT2D eigenvalue weighted by atomic mass is 19.1. The Morgan fingerprint density at radius 2 is 1.92 bits per heavy atom. The fraction of sp³-hybridized carbons (Fsp3) is 0.462. The van der Waals surface area contributed by atoms with Crippen LogP contribution in [0, 0.1) is 0 Å². The summed E-state index contributed by atoms with van der Waals surface area (Å²) in [6.45, 7) is 7.91. The van der Waals surface area contributed by atoms with Crippen molar-refractivity contribution in [1.82, 2.24) is 20.3 Å². The number of fused-ring (bicyclic) bond motifs is 1. The van der Waals surface area contributed by atoms with E-state index in [0.717, 1.165) is 5.56 Å². The Bertz CT molecular complexity index is 1230. The van der Waals surface area contributed by atoms with Gasteiger partial charge in [-0.25, -0.2) is 19.3 Å². The summed E-state index contributed by atoms with van der Waals surface area (Å²) in [5, 5.41) is 6.44. The summed E-state index contributed by atoms with van der Waals surface area (Å²) in [4.78, 5) is 26.7. The molecule has 0 unspecified atom stereocenters. The first-order valence-electron chi connectivity index (χ1n) is 12.0. The maximum atomic E-state index is 14.7.